The Labute approximate surface area is 112 Å². The van der Waals surface area contributed by atoms with Gasteiger partial charge in [0.15, 0.2) is 0 Å². The lowest BCUT2D eigenvalue weighted by Crippen LogP contribution is -2.22. The highest BCUT2D eigenvalue weighted by Crippen LogP contribution is 2.09. The fourth-order valence-corrected chi connectivity index (χ4v) is 2.25. The number of nitrogens with one attached hydrogen (secondary N) is 1. The molecule has 2 rings (SSSR count). The summed E-state index contributed by atoms with van der Waals surface area (Å²) in [6, 6.07) is 7.55. The zero-order valence-corrected chi connectivity index (χ0v) is 11.4. The zero-order chi connectivity index (χ0) is 12.1. The van der Waals surface area contributed by atoms with Gasteiger partial charge in [0.2, 0.25) is 0 Å². The molecule has 0 aliphatic rings. The van der Waals surface area contributed by atoms with E-state index in [0.29, 0.717) is 12.1 Å². The van der Waals surface area contributed by atoms with E-state index in [2.05, 4.69) is 26.2 Å². The minimum absolute atomic E-state index is 0.0560. The van der Waals surface area contributed by atoms with Crippen LogP contribution >= 0.6 is 27.3 Å². The molecule has 0 fully saturated rings. The van der Waals surface area contributed by atoms with E-state index in [9.17, 15) is 4.79 Å². The lowest BCUT2D eigenvalue weighted by Gasteiger charge is -2.04. The number of halogens is 1. The first-order chi connectivity index (χ1) is 8.29. The van der Waals surface area contributed by atoms with E-state index in [1.54, 1.807) is 11.7 Å². The predicted molar refractivity (Wildman–Crippen MR) is 72.4 cm³/mol. The maximum atomic E-state index is 11.8. The summed E-state index contributed by atoms with van der Waals surface area (Å²) in [5.74, 6) is -0.0560. The molecule has 5 heteroatoms. The van der Waals surface area contributed by atoms with Gasteiger partial charge in [0.25, 0.3) is 5.91 Å². The third-order valence-corrected chi connectivity index (χ3v) is 3.70. The summed E-state index contributed by atoms with van der Waals surface area (Å²) in [7, 11) is 0. The Morgan fingerprint density at radius 2 is 2.12 bits per heavy atom. The third-order valence-electron chi connectivity index (χ3n) is 2.28. The summed E-state index contributed by atoms with van der Waals surface area (Å²) in [4.78, 5) is 16.8. The van der Waals surface area contributed by atoms with E-state index in [1.807, 2.05) is 24.3 Å². The molecule has 1 aromatic heterocycles. The van der Waals surface area contributed by atoms with Crippen LogP contribution in [0.15, 0.2) is 36.0 Å². The molecule has 0 saturated carbocycles. The Bertz CT molecular complexity index is 482. The van der Waals surface area contributed by atoms with E-state index in [1.165, 1.54) is 11.3 Å². The molecule has 17 heavy (non-hydrogen) atoms. The van der Waals surface area contributed by atoms with Gasteiger partial charge in [-0.25, -0.2) is 0 Å². The standard InChI is InChI=1S/C12H11BrN2OS/c13-5-9-1-3-10(4-2-9)12(16)15-7-11-6-14-8-17-11/h1-4,6,8H,5,7H2,(H,15,16). The number of carbonyl (C=O) groups is 1. The van der Waals surface area contributed by atoms with Crippen LogP contribution in [0.3, 0.4) is 0 Å². The summed E-state index contributed by atoms with van der Waals surface area (Å²) in [6.45, 7) is 0.531. The van der Waals surface area contributed by atoms with E-state index in [-0.39, 0.29) is 5.91 Å². The Hall–Kier alpha value is -1.20. The molecule has 3 nitrogen and oxygen atoms in total. The van der Waals surface area contributed by atoms with Gasteiger partial charge in [-0.2, -0.15) is 0 Å². The molecule has 2 aromatic rings. The summed E-state index contributed by atoms with van der Waals surface area (Å²) in [6.07, 6.45) is 1.76. The second-order valence-corrected chi connectivity index (χ2v) is 5.01. The molecule has 1 N–H and O–H groups in total. The van der Waals surface area contributed by atoms with Gasteiger partial charge in [-0.1, -0.05) is 28.1 Å². The number of hydrogen-bond donors (Lipinski definition) is 1. The number of amides is 1. The maximum Gasteiger partial charge on any atom is 0.251 e. The molecule has 0 atom stereocenters. The van der Waals surface area contributed by atoms with Gasteiger partial charge < -0.3 is 5.32 Å². The van der Waals surface area contributed by atoms with Crippen molar-refractivity contribution in [2.24, 2.45) is 0 Å². The normalized spacial score (nSPS) is 10.2. The Morgan fingerprint density at radius 3 is 2.71 bits per heavy atom. The quantitative estimate of drug-likeness (QED) is 0.882. The van der Waals surface area contributed by atoms with E-state index >= 15 is 0 Å². The molecule has 0 bridgehead atoms. The van der Waals surface area contributed by atoms with Crippen molar-refractivity contribution in [2.45, 2.75) is 11.9 Å². The molecule has 0 unspecified atom stereocenters. The number of hydrogen-bond acceptors (Lipinski definition) is 3. The van der Waals surface area contributed by atoms with Crippen LogP contribution in [0.25, 0.3) is 0 Å². The van der Waals surface area contributed by atoms with Crippen LogP contribution in [-0.4, -0.2) is 10.9 Å². The average Bonchev–Trinajstić information content (AvgIpc) is 2.89. The van der Waals surface area contributed by atoms with Crippen molar-refractivity contribution >= 4 is 33.2 Å². The molecule has 0 saturated heterocycles. The van der Waals surface area contributed by atoms with Gasteiger partial charge in [0.1, 0.15) is 0 Å². The van der Waals surface area contributed by atoms with Gasteiger partial charge in [-0.05, 0) is 17.7 Å². The fourth-order valence-electron chi connectivity index (χ4n) is 1.34. The lowest BCUT2D eigenvalue weighted by atomic mass is 10.1. The van der Waals surface area contributed by atoms with Gasteiger partial charge >= 0.3 is 0 Å². The van der Waals surface area contributed by atoms with Crippen molar-refractivity contribution < 1.29 is 4.79 Å². The first-order valence-corrected chi connectivity index (χ1v) is 7.10. The second-order valence-electron chi connectivity index (χ2n) is 3.48. The molecule has 1 amide bonds. The van der Waals surface area contributed by atoms with Crippen LogP contribution in [0, 0.1) is 0 Å². The van der Waals surface area contributed by atoms with Gasteiger partial charge in [0.05, 0.1) is 12.1 Å². The molecule has 1 aromatic carbocycles. The molecule has 0 radical (unpaired) electrons. The largest absolute Gasteiger partial charge is 0.347 e. The Balaban J connectivity index is 1.95. The minimum Gasteiger partial charge on any atom is -0.347 e. The second kappa shape index (κ2) is 5.93. The molecule has 0 aliphatic carbocycles. The van der Waals surface area contributed by atoms with Crippen LogP contribution in [0.1, 0.15) is 20.8 Å². The first kappa shape index (κ1) is 12.3. The molecule has 0 aliphatic heterocycles. The lowest BCUT2D eigenvalue weighted by molar-refractivity contribution is 0.0951. The first-order valence-electron chi connectivity index (χ1n) is 5.10. The topological polar surface area (TPSA) is 42.0 Å². The average molecular weight is 311 g/mol. The highest BCUT2D eigenvalue weighted by Gasteiger charge is 2.05. The SMILES string of the molecule is O=C(NCc1cncs1)c1ccc(CBr)cc1. The van der Waals surface area contributed by atoms with Crippen molar-refractivity contribution in [1.82, 2.24) is 10.3 Å². The number of nitrogens with zero attached hydrogens (tertiary/aromatic N) is 1. The minimum atomic E-state index is -0.0560. The van der Waals surface area contributed by atoms with Crippen LogP contribution in [0.5, 0.6) is 0 Å². The smallest absolute Gasteiger partial charge is 0.251 e. The number of carbonyl (C=O) groups excluding carboxylic acids is 1. The van der Waals surface area contributed by atoms with Gasteiger partial charge in [0, 0.05) is 22.0 Å². The molecule has 0 spiro atoms. The summed E-state index contributed by atoms with van der Waals surface area (Å²) < 4.78 is 0. The Kier molecular flexibility index (Phi) is 4.28. The van der Waals surface area contributed by atoms with Crippen LogP contribution < -0.4 is 5.32 Å². The van der Waals surface area contributed by atoms with Crippen molar-refractivity contribution in [3.63, 3.8) is 0 Å². The number of alkyl halides is 1. The highest BCUT2D eigenvalue weighted by molar-refractivity contribution is 9.08. The van der Waals surface area contributed by atoms with Crippen molar-refractivity contribution in [3.8, 4) is 0 Å². The fraction of sp³-hybridized carbons (Fsp3) is 0.167. The van der Waals surface area contributed by atoms with Gasteiger partial charge in [-0.3, -0.25) is 9.78 Å². The van der Waals surface area contributed by atoms with Crippen molar-refractivity contribution in [1.29, 1.82) is 0 Å². The molecule has 1 heterocycles. The molecular formula is C12H11BrN2OS. The number of thiazole rings is 1. The molecule has 88 valence electrons. The third kappa shape index (κ3) is 3.38. The number of benzene rings is 1. The van der Waals surface area contributed by atoms with Crippen LogP contribution in [0.4, 0.5) is 0 Å². The van der Waals surface area contributed by atoms with Gasteiger partial charge in [-0.15, -0.1) is 11.3 Å². The van der Waals surface area contributed by atoms with E-state index in [0.717, 1.165) is 15.8 Å². The predicted octanol–water partition coefficient (Wildman–Crippen LogP) is 2.97. The van der Waals surface area contributed by atoms with Crippen molar-refractivity contribution in [3.05, 3.63) is 52.0 Å². The zero-order valence-electron chi connectivity index (χ0n) is 9.02. The Morgan fingerprint density at radius 1 is 1.35 bits per heavy atom. The van der Waals surface area contributed by atoms with Crippen LogP contribution in [0.2, 0.25) is 0 Å². The van der Waals surface area contributed by atoms with Crippen LogP contribution in [-0.2, 0) is 11.9 Å². The van der Waals surface area contributed by atoms with Crippen molar-refractivity contribution in [2.75, 3.05) is 0 Å². The molecular weight excluding hydrogens is 300 g/mol. The number of aromatic nitrogens is 1. The number of rotatable bonds is 4. The van der Waals surface area contributed by atoms with E-state index < -0.39 is 0 Å². The highest BCUT2D eigenvalue weighted by atomic mass is 79.9. The summed E-state index contributed by atoms with van der Waals surface area (Å²) >= 11 is 4.90. The monoisotopic (exact) mass is 310 g/mol. The maximum absolute atomic E-state index is 11.8. The summed E-state index contributed by atoms with van der Waals surface area (Å²) in [5.41, 5.74) is 3.59. The van der Waals surface area contributed by atoms with E-state index in [4.69, 9.17) is 0 Å². The summed E-state index contributed by atoms with van der Waals surface area (Å²) in [5, 5.41) is 3.66.